The second-order valence-corrected chi connectivity index (χ2v) is 5.75. The first-order valence-corrected chi connectivity index (χ1v) is 7.70. The summed E-state index contributed by atoms with van der Waals surface area (Å²) in [4.78, 5) is 24.1. The van der Waals surface area contributed by atoms with Crippen molar-refractivity contribution in [3.63, 3.8) is 0 Å². The average molecular weight is 292 g/mol. The molecule has 1 aromatic heterocycles. The van der Waals surface area contributed by atoms with Crippen LogP contribution in [0.25, 0.3) is 0 Å². The molecule has 0 saturated heterocycles. The van der Waals surface area contributed by atoms with Crippen LogP contribution in [0.5, 0.6) is 0 Å². The maximum Gasteiger partial charge on any atom is 0.355 e. The predicted molar refractivity (Wildman–Crippen MR) is 79.9 cm³/mol. The van der Waals surface area contributed by atoms with Gasteiger partial charge in [-0.05, 0) is 31.9 Å². The normalized spacial score (nSPS) is 17.8. The summed E-state index contributed by atoms with van der Waals surface area (Å²) < 4.78 is 6.92. The van der Waals surface area contributed by atoms with Gasteiger partial charge in [0.2, 0.25) is 0 Å². The SMILES string of the molecule is C[C@@H](OC(=O)c1cccn1C)C(=O)NC1CCCCCC1. The Morgan fingerprint density at radius 1 is 1.29 bits per heavy atom. The Hall–Kier alpha value is -1.78. The highest BCUT2D eigenvalue weighted by Gasteiger charge is 2.23. The van der Waals surface area contributed by atoms with E-state index >= 15 is 0 Å². The maximum absolute atomic E-state index is 12.1. The summed E-state index contributed by atoms with van der Waals surface area (Å²) in [5, 5.41) is 3.00. The molecular formula is C16H24N2O3. The van der Waals surface area contributed by atoms with E-state index in [1.165, 1.54) is 12.8 Å². The van der Waals surface area contributed by atoms with Crippen molar-refractivity contribution in [1.29, 1.82) is 0 Å². The minimum Gasteiger partial charge on any atom is -0.448 e. The van der Waals surface area contributed by atoms with Crippen LogP contribution in [-0.2, 0) is 16.6 Å². The van der Waals surface area contributed by atoms with E-state index in [9.17, 15) is 9.59 Å². The molecule has 0 aromatic carbocycles. The molecule has 1 N–H and O–H groups in total. The van der Waals surface area contributed by atoms with Gasteiger partial charge in [-0.15, -0.1) is 0 Å². The fourth-order valence-corrected chi connectivity index (χ4v) is 2.69. The molecule has 0 spiro atoms. The number of amides is 1. The van der Waals surface area contributed by atoms with Crippen molar-refractivity contribution < 1.29 is 14.3 Å². The van der Waals surface area contributed by atoms with Crippen molar-refractivity contribution in [2.24, 2.45) is 7.05 Å². The number of nitrogens with one attached hydrogen (secondary N) is 1. The van der Waals surface area contributed by atoms with Crippen molar-refractivity contribution >= 4 is 11.9 Å². The van der Waals surface area contributed by atoms with Gasteiger partial charge in [-0.25, -0.2) is 4.79 Å². The van der Waals surface area contributed by atoms with Gasteiger partial charge in [0, 0.05) is 19.3 Å². The largest absolute Gasteiger partial charge is 0.448 e. The number of hydrogen-bond donors (Lipinski definition) is 1. The van der Waals surface area contributed by atoms with Gasteiger partial charge in [-0.2, -0.15) is 0 Å². The van der Waals surface area contributed by atoms with Gasteiger partial charge < -0.3 is 14.6 Å². The highest BCUT2D eigenvalue weighted by molar-refractivity contribution is 5.91. The lowest BCUT2D eigenvalue weighted by Crippen LogP contribution is -2.42. The minimum absolute atomic E-state index is 0.204. The molecule has 0 bridgehead atoms. The quantitative estimate of drug-likeness (QED) is 0.685. The van der Waals surface area contributed by atoms with E-state index < -0.39 is 12.1 Å². The van der Waals surface area contributed by atoms with Crippen LogP contribution in [-0.4, -0.2) is 28.6 Å². The number of aromatic nitrogens is 1. The zero-order chi connectivity index (χ0) is 15.2. The lowest BCUT2D eigenvalue weighted by molar-refractivity contribution is -0.129. The topological polar surface area (TPSA) is 60.3 Å². The third kappa shape index (κ3) is 4.34. The molecule has 1 aliphatic carbocycles. The third-order valence-electron chi connectivity index (χ3n) is 4.01. The standard InChI is InChI=1S/C16H24N2O3/c1-12(21-16(20)14-10-7-11-18(14)2)15(19)17-13-8-5-3-4-6-9-13/h7,10-13H,3-6,8-9H2,1-2H3,(H,17,19)/t12-/m1/s1. The summed E-state index contributed by atoms with van der Waals surface area (Å²) in [5.41, 5.74) is 0.448. The van der Waals surface area contributed by atoms with Gasteiger partial charge >= 0.3 is 5.97 Å². The maximum atomic E-state index is 12.1. The summed E-state index contributed by atoms with van der Waals surface area (Å²) in [6.07, 6.45) is 7.83. The van der Waals surface area contributed by atoms with E-state index in [1.54, 1.807) is 36.9 Å². The Bertz CT molecular complexity index is 487. The fourth-order valence-electron chi connectivity index (χ4n) is 2.69. The van der Waals surface area contributed by atoms with Crippen LogP contribution >= 0.6 is 0 Å². The van der Waals surface area contributed by atoms with E-state index in [0.717, 1.165) is 25.7 Å². The van der Waals surface area contributed by atoms with Gasteiger partial charge in [0.25, 0.3) is 5.91 Å². The zero-order valence-corrected chi connectivity index (χ0v) is 12.8. The van der Waals surface area contributed by atoms with E-state index in [0.29, 0.717) is 5.69 Å². The van der Waals surface area contributed by atoms with Crippen molar-refractivity contribution in [3.8, 4) is 0 Å². The van der Waals surface area contributed by atoms with Gasteiger partial charge in [-0.1, -0.05) is 25.7 Å². The van der Waals surface area contributed by atoms with Crippen molar-refractivity contribution in [2.75, 3.05) is 0 Å². The summed E-state index contributed by atoms with van der Waals surface area (Å²) in [5.74, 6) is -0.671. The van der Waals surface area contributed by atoms with Crippen LogP contribution in [0.4, 0.5) is 0 Å². The van der Waals surface area contributed by atoms with Crippen LogP contribution in [0.15, 0.2) is 18.3 Å². The minimum atomic E-state index is -0.768. The first-order valence-electron chi connectivity index (χ1n) is 7.70. The Kier molecular flexibility index (Phi) is 5.42. The van der Waals surface area contributed by atoms with Crippen molar-refractivity contribution in [3.05, 3.63) is 24.0 Å². The van der Waals surface area contributed by atoms with Crippen LogP contribution < -0.4 is 5.32 Å². The lowest BCUT2D eigenvalue weighted by atomic mass is 10.1. The molecule has 1 atom stereocenters. The molecule has 0 aliphatic heterocycles. The van der Waals surface area contributed by atoms with Crippen LogP contribution in [0.1, 0.15) is 55.9 Å². The Labute approximate surface area is 125 Å². The number of aryl methyl sites for hydroxylation is 1. The van der Waals surface area contributed by atoms with E-state index in [-0.39, 0.29) is 11.9 Å². The first kappa shape index (κ1) is 15.6. The molecule has 21 heavy (non-hydrogen) atoms. The average Bonchev–Trinajstić information content (AvgIpc) is 2.72. The van der Waals surface area contributed by atoms with E-state index in [4.69, 9.17) is 4.74 Å². The number of carbonyl (C=O) groups excluding carboxylic acids is 2. The molecular weight excluding hydrogens is 268 g/mol. The monoisotopic (exact) mass is 292 g/mol. The fraction of sp³-hybridized carbons (Fsp3) is 0.625. The molecule has 2 rings (SSSR count). The molecule has 1 fully saturated rings. The van der Waals surface area contributed by atoms with Gasteiger partial charge in [0.05, 0.1) is 0 Å². The Morgan fingerprint density at radius 3 is 2.52 bits per heavy atom. The van der Waals surface area contributed by atoms with Crippen molar-refractivity contribution in [2.45, 2.75) is 57.6 Å². The molecule has 1 aliphatic rings. The third-order valence-corrected chi connectivity index (χ3v) is 4.01. The predicted octanol–water partition coefficient (Wildman–Crippen LogP) is 2.41. The van der Waals surface area contributed by atoms with Gasteiger partial charge in [-0.3, -0.25) is 4.79 Å². The summed E-state index contributed by atoms with van der Waals surface area (Å²) >= 11 is 0. The number of rotatable bonds is 4. The highest BCUT2D eigenvalue weighted by atomic mass is 16.5. The second kappa shape index (κ2) is 7.29. The number of ether oxygens (including phenoxy) is 1. The number of nitrogens with zero attached hydrogens (tertiary/aromatic N) is 1. The Balaban J connectivity index is 1.84. The molecule has 116 valence electrons. The summed E-state index contributed by atoms with van der Waals surface area (Å²) in [6, 6.07) is 3.67. The van der Waals surface area contributed by atoms with Crippen molar-refractivity contribution in [1.82, 2.24) is 9.88 Å². The molecule has 5 nitrogen and oxygen atoms in total. The van der Waals surface area contributed by atoms with E-state index in [2.05, 4.69) is 5.32 Å². The zero-order valence-electron chi connectivity index (χ0n) is 12.8. The molecule has 1 amide bonds. The van der Waals surface area contributed by atoms with Gasteiger partial charge in [0.15, 0.2) is 6.10 Å². The lowest BCUT2D eigenvalue weighted by Gasteiger charge is -2.19. The first-order chi connectivity index (χ1) is 10.1. The molecule has 5 heteroatoms. The second-order valence-electron chi connectivity index (χ2n) is 5.75. The number of carbonyl (C=O) groups is 2. The van der Waals surface area contributed by atoms with Crippen LogP contribution in [0, 0.1) is 0 Å². The smallest absolute Gasteiger partial charge is 0.355 e. The molecule has 1 saturated carbocycles. The Morgan fingerprint density at radius 2 is 1.95 bits per heavy atom. The molecule has 1 aromatic rings. The number of esters is 1. The molecule has 0 unspecified atom stereocenters. The van der Waals surface area contributed by atoms with Crippen LogP contribution in [0.2, 0.25) is 0 Å². The van der Waals surface area contributed by atoms with E-state index in [1.807, 2.05) is 0 Å². The number of hydrogen-bond acceptors (Lipinski definition) is 3. The van der Waals surface area contributed by atoms with Crippen LogP contribution in [0.3, 0.4) is 0 Å². The summed E-state index contributed by atoms with van der Waals surface area (Å²) in [7, 11) is 1.77. The molecule has 0 radical (unpaired) electrons. The van der Waals surface area contributed by atoms with Gasteiger partial charge in [0.1, 0.15) is 5.69 Å². The molecule has 1 heterocycles. The highest BCUT2D eigenvalue weighted by Crippen LogP contribution is 2.17. The summed E-state index contributed by atoms with van der Waals surface area (Å²) in [6.45, 7) is 1.62.